The monoisotopic (exact) mass is 392 g/mol. The molecular weight excluding hydrogens is 364 g/mol. The maximum absolute atomic E-state index is 13.2. The first-order valence-corrected chi connectivity index (χ1v) is 11.3. The summed E-state index contributed by atoms with van der Waals surface area (Å²) in [4.78, 5) is 13.2. The van der Waals surface area contributed by atoms with E-state index in [1.807, 2.05) is 19.1 Å². The molecule has 1 aliphatic carbocycles. The number of carbonyl (C=O) groups is 1. The summed E-state index contributed by atoms with van der Waals surface area (Å²) in [6.07, 6.45) is 3.82. The van der Waals surface area contributed by atoms with Crippen LogP contribution in [0, 0.1) is 24.2 Å². The quantitative estimate of drug-likeness (QED) is 0.831. The third kappa shape index (κ3) is 3.77. The number of nitrogens with one attached hydrogen (secondary N) is 1. The van der Waals surface area contributed by atoms with Gasteiger partial charge < -0.3 is 10.1 Å². The van der Waals surface area contributed by atoms with Gasteiger partial charge in [0.05, 0.1) is 10.8 Å². The van der Waals surface area contributed by atoms with Crippen LogP contribution in [0.1, 0.15) is 31.2 Å². The molecule has 0 unspecified atom stereocenters. The molecule has 1 spiro atoms. The van der Waals surface area contributed by atoms with Crippen molar-refractivity contribution in [2.24, 2.45) is 17.3 Å². The zero-order chi connectivity index (χ0) is 19.1. The van der Waals surface area contributed by atoms with E-state index in [1.54, 1.807) is 12.1 Å². The molecule has 1 saturated carbocycles. The fourth-order valence-corrected chi connectivity index (χ4v) is 5.85. The Balaban J connectivity index is 1.57. The predicted octanol–water partition coefficient (Wildman–Crippen LogP) is 1.94. The molecule has 148 valence electrons. The average molecular weight is 393 g/mol. The number of aryl methyl sites for hydroxylation is 1. The SMILES string of the molecule is Cc1ccc(S(=O)(=O)N2C[C@@H](C(=O)NCC3CC3)C3(CCOCC3)C2)cc1. The molecular formula is C20H28N2O4S. The van der Waals surface area contributed by atoms with Gasteiger partial charge in [-0.05, 0) is 50.7 Å². The number of hydrogen-bond donors (Lipinski definition) is 1. The van der Waals surface area contributed by atoms with Crippen LogP contribution in [0.15, 0.2) is 29.2 Å². The summed E-state index contributed by atoms with van der Waals surface area (Å²) in [6.45, 7) is 4.48. The molecule has 3 fully saturated rings. The Kier molecular flexibility index (Phi) is 5.03. The predicted molar refractivity (Wildman–Crippen MR) is 102 cm³/mol. The Morgan fingerprint density at radius 1 is 1.22 bits per heavy atom. The lowest BCUT2D eigenvalue weighted by molar-refractivity contribution is -0.129. The number of rotatable bonds is 5. The molecule has 7 heteroatoms. The van der Waals surface area contributed by atoms with Gasteiger partial charge in [-0.15, -0.1) is 0 Å². The van der Waals surface area contributed by atoms with E-state index in [2.05, 4.69) is 5.32 Å². The van der Waals surface area contributed by atoms with Gasteiger partial charge in [-0.1, -0.05) is 17.7 Å². The van der Waals surface area contributed by atoms with Crippen LogP contribution in [0.5, 0.6) is 0 Å². The molecule has 0 radical (unpaired) electrons. The molecule has 6 nitrogen and oxygen atoms in total. The van der Waals surface area contributed by atoms with Crippen LogP contribution in [0.2, 0.25) is 0 Å². The van der Waals surface area contributed by atoms with Crippen LogP contribution in [0.4, 0.5) is 0 Å². The Morgan fingerprint density at radius 2 is 1.89 bits per heavy atom. The highest BCUT2D eigenvalue weighted by Crippen LogP contribution is 2.46. The Bertz CT molecular complexity index is 796. The fraction of sp³-hybridized carbons (Fsp3) is 0.650. The number of carbonyl (C=O) groups excluding carboxylic acids is 1. The van der Waals surface area contributed by atoms with E-state index in [1.165, 1.54) is 17.1 Å². The van der Waals surface area contributed by atoms with Crippen molar-refractivity contribution in [1.82, 2.24) is 9.62 Å². The van der Waals surface area contributed by atoms with Crippen molar-refractivity contribution in [3.8, 4) is 0 Å². The molecule has 0 bridgehead atoms. The number of ether oxygens (including phenoxy) is 1. The van der Waals surface area contributed by atoms with Crippen LogP contribution in [0.3, 0.4) is 0 Å². The van der Waals surface area contributed by atoms with E-state index in [9.17, 15) is 13.2 Å². The minimum atomic E-state index is -3.60. The van der Waals surface area contributed by atoms with Crippen LogP contribution in [-0.2, 0) is 19.6 Å². The van der Waals surface area contributed by atoms with Gasteiger partial charge in [-0.2, -0.15) is 4.31 Å². The summed E-state index contributed by atoms with van der Waals surface area (Å²) in [7, 11) is -3.60. The van der Waals surface area contributed by atoms with Crippen molar-refractivity contribution < 1.29 is 17.9 Å². The summed E-state index contributed by atoms with van der Waals surface area (Å²) in [6, 6.07) is 6.93. The van der Waals surface area contributed by atoms with E-state index in [4.69, 9.17) is 4.74 Å². The van der Waals surface area contributed by atoms with Crippen LogP contribution in [0.25, 0.3) is 0 Å². The summed E-state index contributed by atoms with van der Waals surface area (Å²) < 4.78 is 33.4. The van der Waals surface area contributed by atoms with Crippen molar-refractivity contribution in [3.63, 3.8) is 0 Å². The molecule has 0 aromatic heterocycles. The first-order chi connectivity index (χ1) is 12.9. The number of hydrogen-bond acceptors (Lipinski definition) is 4. The normalized spacial score (nSPS) is 25.6. The number of sulfonamides is 1. The van der Waals surface area contributed by atoms with Crippen LogP contribution in [-0.4, -0.2) is 51.5 Å². The molecule has 1 amide bonds. The molecule has 2 aliphatic heterocycles. The third-order valence-electron chi connectivity index (χ3n) is 6.34. The summed E-state index contributed by atoms with van der Waals surface area (Å²) in [5.41, 5.74) is 0.706. The Hall–Kier alpha value is -1.44. The molecule has 1 aromatic rings. The smallest absolute Gasteiger partial charge is 0.243 e. The van der Waals surface area contributed by atoms with E-state index in [-0.39, 0.29) is 23.8 Å². The first-order valence-electron chi connectivity index (χ1n) is 9.83. The maximum atomic E-state index is 13.2. The summed E-state index contributed by atoms with van der Waals surface area (Å²) in [5, 5.41) is 3.08. The minimum absolute atomic E-state index is 0.00501. The molecule has 2 heterocycles. The van der Waals surface area contributed by atoms with Crippen LogP contribution < -0.4 is 5.32 Å². The van der Waals surface area contributed by atoms with Gasteiger partial charge in [0.25, 0.3) is 0 Å². The zero-order valence-electron chi connectivity index (χ0n) is 15.8. The topological polar surface area (TPSA) is 75.7 Å². The highest BCUT2D eigenvalue weighted by atomic mass is 32.2. The molecule has 1 aromatic carbocycles. The summed E-state index contributed by atoms with van der Waals surface area (Å²) in [5.74, 6) is 0.305. The molecule has 4 rings (SSSR count). The fourth-order valence-electron chi connectivity index (χ4n) is 4.30. The minimum Gasteiger partial charge on any atom is -0.381 e. The number of nitrogens with zero attached hydrogens (tertiary/aromatic N) is 1. The molecule has 1 atom stereocenters. The highest BCUT2D eigenvalue weighted by Gasteiger charge is 2.53. The van der Waals surface area contributed by atoms with Crippen molar-refractivity contribution in [1.29, 1.82) is 0 Å². The second-order valence-electron chi connectivity index (χ2n) is 8.33. The Morgan fingerprint density at radius 3 is 2.52 bits per heavy atom. The van der Waals surface area contributed by atoms with Gasteiger partial charge in [0, 0.05) is 38.3 Å². The van der Waals surface area contributed by atoms with E-state index >= 15 is 0 Å². The molecule has 1 N–H and O–H groups in total. The zero-order valence-corrected chi connectivity index (χ0v) is 16.6. The molecule has 3 aliphatic rings. The van der Waals surface area contributed by atoms with Crippen molar-refractivity contribution in [2.75, 3.05) is 32.8 Å². The van der Waals surface area contributed by atoms with E-state index in [0.717, 1.165) is 18.4 Å². The van der Waals surface area contributed by atoms with Crippen molar-refractivity contribution in [3.05, 3.63) is 29.8 Å². The largest absolute Gasteiger partial charge is 0.381 e. The van der Waals surface area contributed by atoms with Crippen molar-refractivity contribution in [2.45, 2.75) is 37.5 Å². The van der Waals surface area contributed by atoms with Gasteiger partial charge in [-0.25, -0.2) is 8.42 Å². The Labute approximate surface area is 161 Å². The second kappa shape index (κ2) is 7.18. The molecule has 2 saturated heterocycles. The van der Waals surface area contributed by atoms with Gasteiger partial charge in [0.1, 0.15) is 0 Å². The third-order valence-corrected chi connectivity index (χ3v) is 8.17. The first kappa shape index (κ1) is 18.9. The van der Waals surface area contributed by atoms with Gasteiger partial charge in [0.15, 0.2) is 0 Å². The van der Waals surface area contributed by atoms with E-state index in [0.29, 0.717) is 37.1 Å². The highest BCUT2D eigenvalue weighted by molar-refractivity contribution is 7.89. The van der Waals surface area contributed by atoms with Gasteiger partial charge in [0.2, 0.25) is 15.9 Å². The van der Waals surface area contributed by atoms with Crippen molar-refractivity contribution >= 4 is 15.9 Å². The maximum Gasteiger partial charge on any atom is 0.243 e. The lowest BCUT2D eigenvalue weighted by Gasteiger charge is -2.37. The van der Waals surface area contributed by atoms with Gasteiger partial charge in [-0.3, -0.25) is 4.79 Å². The van der Waals surface area contributed by atoms with E-state index < -0.39 is 10.0 Å². The number of benzene rings is 1. The average Bonchev–Trinajstić information content (AvgIpc) is 3.42. The second-order valence-corrected chi connectivity index (χ2v) is 10.3. The number of amides is 1. The van der Waals surface area contributed by atoms with Crippen LogP contribution >= 0.6 is 0 Å². The standard InChI is InChI=1S/C20H28N2O4S/c1-15-2-6-17(7-3-15)27(24,25)22-13-18(19(23)21-12-16-4-5-16)20(14-22)8-10-26-11-9-20/h2-3,6-7,16,18H,4-5,8-14H2,1H3,(H,21,23)/t18-/m0/s1. The van der Waals surface area contributed by atoms with Gasteiger partial charge >= 0.3 is 0 Å². The lowest BCUT2D eigenvalue weighted by atomic mass is 9.72. The summed E-state index contributed by atoms with van der Waals surface area (Å²) >= 11 is 0. The lowest BCUT2D eigenvalue weighted by Crippen LogP contribution is -2.44. The molecule has 27 heavy (non-hydrogen) atoms.